The summed E-state index contributed by atoms with van der Waals surface area (Å²) < 4.78 is 27.2. The zero-order valence-electron chi connectivity index (χ0n) is 13.3. The third kappa shape index (κ3) is 7.95. The molecule has 0 fully saturated rings. The first-order valence-corrected chi connectivity index (χ1v) is 10.2. The average Bonchev–Trinajstić information content (AvgIpc) is 2.91. The Morgan fingerprint density at radius 2 is 2.05 bits per heavy atom. The lowest BCUT2D eigenvalue weighted by Gasteiger charge is -2.17. The van der Waals surface area contributed by atoms with Crippen LogP contribution in [0, 0.1) is 0 Å². The third-order valence-corrected chi connectivity index (χ3v) is 5.63. The van der Waals surface area contributed by atoms with Crippen molar-refractivity contribution in [1.29, 1.82) is 0 Å². The van der Waals surface area contributed by atoms with E-state index in [0.29, 0.717) is 12.5 Å². The fourth-order valence-corrected chi connectivity index (χ4v) is 4.39. The van der Waals surface area contributed by atoms with E-state index in [0.717, 1.165) is 30.7 Å². The van der Waals surface area contributed by atoms with Crippen LogP contribution in [0.5, 0.6) is 0 Å². The minimum Gasteiger partial charge on any atom is -0.315 e. The van der Waals surface area contributed by atoms with Crippen LogP contribution >= 0.6 is 11.3 Å². The SMILES string of the molecule is CCCC(NS(=O)(=O)CCCCNC(C)C)c1cccs1. The highest BCUT2D eigenvalue weighted by Gasteiger charge is 2.19. The van der Waals surface area contributed by atoms with E-state index in [4.69, 9.17) is 0 Å². The van der Waals surface area contributed by atoms with Crippen LogP contribution in [0.1, 0.15) is 57.4 Å². The standard InChI is InChI=1S/C15H28N2O2S2/c1-4-8-14(15-9-7-11-20-15)17-21(18,19)12-6-5-10-16-13(2)3/h7,9,11,13-14,16-17H,4-6,8,10,12H2,1-3H3. The van der Waals surface area contributed by atoms with Crippen molar-refractivity contribution in [3.05, 3.63) is 22.4 Å². The summed E-state index contributed by atoms with van der Waals surface area (Å²) in [6.07, 6.45) is 3.38. The van der Waals surface area contributed by atoms with Crippen molar-refractivity contribution in [3.8, 4) is 0 Å². The molecule has 0 amide bonds. The van der Waals surface area contributed by atoms with Gasteiger partial charge in [-0.15, -0.1) is 11.3 Å². The molecule has 1 heterocycles. The molecule has 0 aliphatic carbocycles. The molecule has 2 N–H and O–H groups in total. The lowest BCUT2D eigenvalue weighted by Crippen LogP contribution is -2.31. The molecule has 1 unspecified atom stereocenters. The molecule has 1 atom stereocenters. The largest absolute Gasteiger partial charge is 0.315 e. The molecule has 0 saturated heterocycles. The Kier molecular flexibility index (Phi) is 8.48. The van der Waals surface area contributed by atoms with Gasteiger partial charge in [0.05, 0.1) is 11.8 Å². The minimum atomic E-state index is -3.20. The van der Waals surface area contributed by atoms with Gasteiger partial charge in [0.1, 0.15) is 0 Å². The van der Waals surface area contributed by atoms with Crippen molar-refractivity contribution in [2.75, 3.05) is 12.3 Å². The Balaban J connectivity index is 2.42. The molecule has 122 valence electrons. The number of thiophene rings is 1. The van der Waals surface area contributed by atoms with E-state index in [-0.39, 0.29) is 11.8 Å². The van der Waals surface area contributed by atoms with Gasteiger partial charge in [-0.1, -0.05) is 33.3 Å². The molecule has 1 aromatic heterocycles. The molecule has 0 aliphatic rings. The molecular weight excluding hydrogens is 304 g/mol. The number of sulfonamides is 1. The van der Waals surface area contributed by atoms with Gasteiger partial charge in [0, 0.05) is 10.9 Å². The summed E-state index contributed by atoms with van der Waals surface area (Å²) in [7, 11) is -3.20. The van der Waals surface area contributed by atoms with Crippen LogP contribution in [0.25, 0.3) is 0 Å². The third-order valence-electron chi connectivity index (χ3n) is 3.18. The van der Waals surface area contributed by atoms with E-state index < -0.39 is 10.0 Å². The van der Waals surface area contributed by atoms with Crippen LogP contribution in [0.15, 0.2) is 17.5 Å². The van der Waals surface area contributed by atoms with Crippen molar-refractivity contribution in [2.45, 2.75) is 58.5 Å². The summed E-state index contributed by atoms with van der Waals surface area (Å²) in [6.45, 7) is 7.13. The van der Waals surface area contributed by atoms with Crippen LogP contribution < -0.4 is 10.0 Å². The van der Waals surface area contributed by atoms with E-state index in [1.165, 1.54) is 0 Å². The highest BCUT2D eigenvalue weighted by molar-refractivity contribution is 7.89. The zero-order valence-corrected chi connectivity index (χ0v) is 14.9. The first kappa shape index (κ1) is 18.6. The monoisotopic (exact) mass is 332 g/mol. The predicted octanol–water partition coefficient (Wildman–Crippen LogP) is 3.29. The normalized spacial score (nSPS) is 13.7. The average molecular weight is 333 g/mol. The highest BCUT2D eigenvalue weighted by Crippen LogP contribution is 2.24. The van der Waals surface area contributed by atoms with Gasteiger partial charge in [0.2, 0.25) is 10.0 Å². The van der Waals surface area contributed by atoms with Gasteiger partial charge in [-0.25, -0.2) is 13.1 Å². The maximum Gasteiger partial charge on any atom is 0.212 e. The summed E-state index contributed by atoms with van der Waals surface area (Å²) in [6, 6.07) is 4.34. The highest BCUT2D eigenvalue weighted by atomic mass is 32.2. The Bertz CT molecular complexity index is 470. The molecule has 0 aliphatic heterocycles. The number of unbranched alkanes of at least 4 members (excludes halogenated alkanes) is 1. The van der Waals surface area contributed by atoms with E-state index in [9.17, 15) is 8.42 Å². The van der Waals surface area contributed by atoms with Crippen LogP contribution in [-0.2, 0) is 10.0 Å². The van der Waals surface area contributed by atoms with Crippen LogP contribution in [0.2, 0.25) is 0 Å². The quantitative estimate of drug-likeness (QED) is 0.611. The smallest absolute Gasteiger partial charge is 0.212 e. The van der Waals surface area contributed by atoms with Crippen molar-refractivity contribution < 1.29 is 8.42 Å². The molecule has 0 radical (unpaired) electrons. The Hall–Kier alpha value is -0.430. The van der Waals surface area contributed by atoms with Crippen molar-refractivity contribution in [2.24, 2.45) is 0 Å². The van der Waals surface area contributed by atoms with Crippen LogP contribution in [-0.4, -0.2) is 26.8 Å². The number of nitrogens with one attached hydrogen (secondary N) is 2. The van der Waals surface area contributed by atoms with Gasteiger partial charge >= 0.3 is 0 Å². The van der Waals surface area contributed by atoms with Gasteiger partial charge < -0.3 is 5.32 Å². The number of hydrogen-bond acceptors (Lipinski definition) is 4. The van der Waals surface area contributed by atoms with Crippen molar-refractivity contribution in [1.82, 2.24) is 10.0 Å². The summed E-state index contributed by atoms with van der Waals surface area (Å²) in [4.78, 5) is 1.10. The van der Waals surface area contributed by atoms with E-state index >= 15 is 0 Å². The maximum atomic E-state index is 12.2. The summed E-state index contributed by atoms with van der Waals surface area (Å²) >= 11 is 1.61. The molecule has 0 bridgehead atoms. The van der Waals surface area contributed by atoms with Crippen molar-refractivity contribution in [3.63, 3.8) is 0 Å². The molecule has 1 rings (SSSR count). The van der Waals surface area contributed by atoms with Gasteiger partial charge in [0.15, 0.2) is 0 Å². The van der Waals surface area contributed by atoms with Crippen LogP contribution in [0.4, 0.5) is 0 Å². The zero-order chi connectivity index (χ0) is 15.7. The Labute approximate surface area is 133 Å². The lowest BCUT2D eigenvalue weighted by atomic mass is 10.1. The van der Waals surface area contributed by atoms with Gasteiger partial charge in [-0.2, -0.15) is 0 Å². The maximum absolute atomic E-state index is 12.2. The first-order valence-electron chi connectivity index (χ1n) is 7.71. The molecule has 21 heavy (non-hydrogen) atoms. The summed E-state index contributed by atoms with van der Waals surface area (Å²) in [5, 5.41) is 5.29. The van der Waals surface area contributed by atoms with Gasteiger partial charge in [-0.3, -0.25) is 0 Å². The van der Waals surface area contributed by atoms with E-state index in [1.54, 1.807) is 11.3 Å². The first-order chi connectivity index (χ1) is 9.94. The second kappa shape index (κ2) is 9.56. The molecule has 0 saturated carbocycles. The van der Waals surface area contributed by atoms with Gasteiger partial charge in [0.25, 0.3) is 0 Å². The molecule has 1 aromatic rings. The van der Waals surface area contributed by atoms with E-state index in [1.807, 2.05) is 17.5 Å². The topological polar surface area (TPSA) is 58.2 Å². The van der Waals surface area contributed by atoms with Crippen molar-refractivity contribution >= 4 is 21.4 Å². The number of hydrogen-bond donors (Lipinski definition) is 2. The fraction of sp³-hybridized carbons (Fsp3) is 0.733. The second-order valence-electron chi connectivity index (χ2n) is 5.61. The molecule has 0 spiro atoms. The Morgan fingerprint density at radius 1 is 1.29 bits per heavy atom. The Morgan fingerprint density at radius 3 is 2.62 bits per heavy atom. The summed E-state index contributed by atoms with van der Waals surface area (Å²) in [5.74, 6) is 0.207. The van der Waals surface area contributed by atoms with Gasteiger partial charge in [-0.05, 0) is 37.3 Å². The lowest BCUT2D eigenvalue weighted by molar-refractivity contribution is 0.532. The predicted molar refractivity (Wildman–Crippen MR) is 91.3 cm³/mol. The molecule has 4 nitrogen and oxygen atoms in total. The van der Waals surface area contributed by atoms with Crippen LogP contribution in [0.3, 0.4) is 0 Å². The molecular formula is C15H28N2O2S2. The second-order valence-corrected chi connectivity index (χ2v) is 8.46. The fourth-order valence-electron chi connectivity index (χ4n) is 2.12. The molecule has 6 heteroatoms. The van der Waals surface area contributed by atoms with E-state index in [2.05, 4.69) is 30.8 Å². The minimum absolute atomic E-state index is 0.0752. The molecule has 0 aromatic carbocycles. The summed E-state index contributed by atoms with van der Waals surface area (Å²) in [5.41, 5.74) is 0. The number of rotatable bonds is 11.